The summed E-state index contributed by atoms with van der Waals surface area (Å²) in [6.45, 7) is 9.64. The van der Waals surface area contributed by atoms with Crippen LogP contribution in [0.3, 0.4) is 0 Å². The SMILES string of the molecule is CC#Cc1cn([C@H]2C[C@H](OP(OCCC#N)N(C(C)C)C(C)C)[C@@H](CO)O2)c(=O)nc1NC(=O)c1ccccc1. The minimum Gasteiger partial charge on any atom is -0.394 e. The molecule has 1 aliphatic rings. The average molecular weight is 570 g/mol. The summed E-state index contributed by atoms with van der Waals surface area (Å²) >= 11 is 0. The third kappa shape index (κ3) is 7.96. The topological polar surface area (TPSA) is 139 Å². The van der Waals surface area contributed by atoms with Crippen molar-refractivity contribution >= 4 is 20.3 Å². The Labute approximate surface area is 236 Å². The number of nitriles is 1. The van der Waals surface area contributed by atoms with Gasteiger partial charge >= 0.3 is 5.69 Å². The van der Waals surface area contributed by atoms with E-state index in [9.17, 15) is 14.7 Å². The molecule has 0 saturated carbocycles. The molecule has 0 radical (unpaired) electrons. The fourth-order valence-corrected chi connectivity index (χ4v) is 6.08. The van der Waals surface area contributed by atoms with Gasteiger partial charge in [0.1, 0.15) is 12.3 Å². The van der Waals surface area contributed by atoms with Crippen LogP contribution in [0.25, 0.3) is 0 Å². The van der Waals surface area contributed by atoms with E-state index in [0.29, 0.717) is 11.1 Å². The van der Waals surface area contributed by atoms with Gasteiger partial charge < -0.3 is 24.2 Å². The summed E-state index contributed by atoms with van der Waals surface area (Å²) in [4.78, 5) is 29.9. The first-order valence-electron chi connectivity index (χ1n) is 13.1. The molecule has 1 unspecified atom stereocenters. The summed E-state index contributed by atoms with van der Waals surface area (Å²) in [5.41, 5.74) is 0.109. The molecule has 1 aromatic heterocycles. The van der Waals surface area contributed by atoms with Crippen molar-refractivity contribution in [1.29, 1.82) is 5.26 Å². The Hall–Kier alpha value is -3.15. The van der Waals surface area contributed by atoms with Crippen molar-refractivity contribution in [2.45, 2.75) is 78.0 Å². The molecule has 4 atom stereocenters. The van der Waals surface area contributed by atoms with Crippen LogP contribution in [0.2, 0.25) is 0 Å². The number of rotatable bonds is 12. The smallest absolute Gasteiger partial charge is 0.351 e. The van der Waals surface area contributed by atoms with Crippen molar-refractivity contribution in [2.24, 2.45) is 0 Å². The van der Waals surface area contributed by atoms with E-state index in [0.717, 1.165) is 0 Å². The Morgan fingerprint density at radius 3 is 2.60 bits per heavy atom. The van der Waals surface area contributed by atoms with Crippen LogP contribution in [0.15, 0.2) is 41.3 Å². The summed E-state index contributed by atoms with van der Waals surface area (Å²) in [5.74, 6) is 5.30. The van der Waals surface area contributed by atoms with Gasteiger partial charge in [-0.1, -0.05) is 24.1 Å². The van der Waals surface area contributed by atoms with Gasteiger partial charge in [-0.25, -0.2) is 9.46 Å². The van der Waals surface area contributed by atoms with E-state index in [-0.39, 0.29) is 44.0 Å². The van der Waals surface area contributed by atoms with E-state index in [1.54, 1.807) is 37.3 Å². The van der Waals surface area contributed by atoms with Crippen molar-refractivity contribution in [3.8, 4) is 17.9 Å². The van der Waals surface area contributed by atoms with Gasteiger partial charge in [0.05, 0.1) is 37.4 Å². The highest BCUT2D eigenvalue weighted by atomic mass is 31.2. The maximum absolute atomic E-state index is 13.1. The molecule has 11 nitrogen and oxygen atoms in total. The Bertz CT molecular complexity index is 1290. The summed E-state index contributed by atoms with van der Waals surface area (Å²) in [5, 5.41) is 21.7. The number of nitrogens with one attached hydrogen (secondary N) is 1. The quantitative estimate of drug-likeness (QED) is 0.222. The van der Waals surface area contributed by atoms with Crippen LogP contribution in [0, 0.1) is 23.2 Å². The monoisotopic (exact) mass is 569 g/mol. The second kappa shape index (κ2) is 15.0. The third-order valence-electron chi connectivity index (χ3n) is 6.04. The first kappa shape index (κ1) is 31.4. The van der Waals surface area contributed by atoms with E-state index < -0.39 is 38.6 Å². The molecule has 0 bridgehead atoms. The molecule has 214 valence electrons. The summed E-state index contributed by atoms with van der Waals surface area (Å²) in [6, 6.07) is 10.9. The predicted octanol–water partition coefficient (Wildman–Crippen LogP) is 3.81. The van der Waals surface area contributed by atoms with E-state index in [1.165, 1.54) is 10.8 Å². The van der Waals surface area contributed by atoms with E-state index in [4.69, 9.17) is 19.0 Å². The zero-order valence-corrected chi connectivity index (χ0v) is 24.3. The highest BCUT2D eigenvalue weighted by molar-refractivity contribution is 7.44. The molecule has 1 saturated heterocycles. The molecule has 1 fully saturated rings. The zero-order chi connectivity index (χ0) is 29.2. The van der Waals surface area contributed by atoms with Crippen molar-refractivity contribution in [3.63, 3.8) is 0 Å². The lowest BCUT2D eigenvalue weighted by Crippen LogP contribution is -2.36. The third-order valence-corrected chi connectivity index (χ3v) is 8.19. The standard InChI is InChI=1S/C28H36N5O6P/c1-6-11-22-17-32(28(36)31-26(22)30-27(35)21-12-8-7-9-13-21)25-16-23(24(18-34)38-25)39-40(37-15-10-14-29)33(19(2)3)20(4)5/h7-9,12-13,17,19-20,23-25,34H,10,15-16,18H2,1-5H3,(H,30,31,35,36)/t23-,24+,25+,40?/m0/s1. The lowest BCUT2D eigenvalue weighted by molar-refractivity contribution is -0.0438. The molecule has 40 heavy (non-hydrogen) atoms. The van der Waals surface area contributed by atoms with Crippen LogP contribution in [0.5, 0.6) is 0 Å². The lowest BCUT2D eigenvalue weighted by Gasteiger charge is -2.37. The predicted molar refractivity (Wildman–Crippen MR) is 151 cm³/mol. The number of aliphatic hydroxyl groups excluding tert-OH is 1. The van der Waals surface area contributed by atoms with E-state index in [2.05, 4.69) is 32.9 Å². The van der Waals surface area contributed by atoms with E-state index >= 15 is 0 Å². The van der Waals surface area contributed by atoms with Crippen LogP contribution >= 0.6 is 8.53 Å². The van der Waals surface area contributed by atoms with Gasteiger partial charge in [0.25, 0.3) is 14.4 Å². The van der Waals surface area contributed by atoms with Gasteiger partial charge in [-0.05, 0) is 46.8 Å². The summed E-state index contributed by atoms with van der Waals surface area (Å²) in [7, 11) is -1.58. The molecule has 3 rings (SSSR count). The Balaban J connectivity index is 1.86. The molecule has 0 aliphatic carbocycles. The van der Waals surface area contributed by atoms with Crippen LogP contribution < -0.4 is 11.0 Å². The molecule has 2 heterocycles. The second-order valence-corrected chi connectivity index (χ2v) is 11.0. The molecule has 1 amide bonds. The first-order valence-corrected chi connectivity index (χ1v) is 14.3. The minimum atomic E-state index is -1.58. The molecule has 2 aromatic rings. The number of anilines is 1. The molecule has 12 heteroatoms. The van der Waals surface area contributed by atoms with Crippen LogP contribution in [0.4, 0.5) is 5.82 Å². The largest absolute Gasteiger partial charge is 0.394 e. The molecular weight excluding hydrogens is 533 g/mol. The normalized spacial score (nSPS) is 19.4. The van der Waals surface area contributed by atoms with Gasteiger partial charge in [0.2, 0.25) is 0 Å². The highest BCUT2D eigenvalue weighted by Crippen LogP contribution is 2.49. The number of aliphatic hydroxyl groups is 1. The maximum atomic E-state index is 13.1. The zero-order valence-electron chi connectivity index (χ0n) is 23.4. The number of hydrogen-bond acceptors (Lipinski definition) is 9. The number of carbonyl (C=O) groups is 1. The number of amides is 1. The number of hydrogen-bond donors (Lipinski definition) is 2. The average Bonchev–Trinajstić information content (AvgIpc) is 3.32. The number of benzene rings is 1. The van der Waals surface area contributed by atoms with Crippen molar-refractivity contribution < 1.29 is 23.7 Å². The van der Waals surface area contributed by atoms with Gasteiger partial charge in [-0.2, -0.15) is 10.2 Å². The molecular formula is C28H36N5O6P. The molecule has 1 aliphatic heterocycles. The van der Waals surface area contributed by atoms with Crippen LogP contribution in [-0.4, -0.2) is 62.7 Å². The van der Waals surface area contributed by atoms with Gasteiger partial charge in [-0.3, -0.25) is 9.36 Å². The minimum absolute atomic E-state index is 0.0490. The van der Waals surface area contributed by atoms with Crippen molar-refractivity contribution in [1.82, 2.24) is 14.2 Å². The van der Waals surface area contributed by atoms with Crippen LogP contribution in [0.1, 0.15) is 69.6 Å². The number of nitrogens with zero attached hydrogens (tertiary/aromatic N) is 4. The Morgan fingerprint density at radius 2 is 2.00 bits per heavy atom. The van der Waals surface area contributed by atoms with Gasteiger partial charge in [-0.15, -0.1) is 5.92 Å². The first-order chi connectivity index (χ1) is 19.2. The number of ether oxygens (including phenoxy) is 1. The Morgan fingerprint density at radius 1 is 1.30 bits per heavy atom. The number of carbonyl (C=O) groups excluding carboxylic acids is 1. The fourth-order valence-electron chi connectivity index (χ4n) is 4.32. The highest BCUT2D eigenvalue weighted by Gasteiger charge is 2.41. The van der Waals surface area contributed by atoms with Gasteiger partial charge in [0.15, 0.2) is 5.82 Å². The molecule has 1 aromatic carbocycles. The number of aromatic nitrogens is 2. The fraction of sp³-hybridized carbons (Fsp3) is 0.500. The van der Waals surface area contributed by atoms with Gasteiger partial charge in [0, 0.05) is 30.3 Å². The summed E-state index contributed by atoms with van der Waals surface area (Å²) < 4.78 is 21.8. The summed E-state index contributed by atoms with van der Waals surface area (Å²) in [6.07, 6.45) is -0.148. The second-order valence-electron chi connectivity index (χ2n) is 9.63. The molecule has 2 N–H and O–H groups in total. The van der Waals surface area contributed by atoms with Crippen LogP contribution in [-0.2, 0) is 13.8 Å². The maximum Gasteiger partial charge on any atom is 0.351 e. The molecule has 0 spiro atoms. The Kier molecular flexibility index (Phi) is 11.8. The lowest BCUT2D eigenvalue weighted by atomic mass is 10.2. The van der Waals surface area contributed by atoms with Crippen molar-refractivity contribution in [3.05, 3.63) is 58.1 Å². The van der Waals surface area contributed by atoms with E-state index in [1.807, 2.05) is 27.7 Å². The van der Waals surface area contributed by atoms with Crippen molar-refractivity contribution in [2.75, 3.05) is 18.5 Å².